The molecule has 0 fully saturated rings. The quantitative estimate of drug-likeness (QED) is 0.758. The smallest absolute Gasteiger partial charge is 0.308 e. The van der Waals surface area contributed by atoms with Gasteiger partial charge in [0.2, 0.25) is 0 Å². The second-order valence-electron chi connectivity index (χ2n) is 5.23. The van der Waals surface area contributed by atoms with E-state index in [0.29, 0.717) is 0 Å². The molecule has 0 radical (unpaired) electrons. The fraction of sp³-hybridized carbons (Fsp3) is 0.588. The molecule has 0 heterocycles. The van der Waals surface area contributed by atoms with Gasteiger partial charge < -0.3 is 14.9 Å². The third kappa shape index (κ3) is 4.55. The number of ether oxygens (including phenoxy) is 1. The molecule has 4 heteroatoms. The highest BCUT2D eigenvalue weighted by Gasteiger charge is 2.26. The minimum absolute atomic E-state index is 0.199. The zero-order valence-electron chi connectivity index (χ0n) is 13.3. The van der Waals surface area contributed by atoms with Crippen LogP contribution >= 0.6 is 0 Å². The predicted octanol–water partition coefficient (Wildman–Crippen LogP) is 2.47. The lowest BCUT2D eigenvalue weighted by atomic mass is 9.88. The summed E-state index contributed by atoms with van der Waals surface area (Å²) in [6.45, 7) is 8.03. The van der Waals surface area contributed by atoms with E-state index in [-0.39, 0.29) is 13.0 Å². The number of hydrogen-bond acceptors (Lipinski definition) is 4. The molecule has 2 atom stereocenters. The highest BCUT2D eigenvalue weighted by molar-refractivity contribution is 5.70. The zero-order valence-corrected chi connectivity index (χ0v) is 13.3. The van der Waals surface area contributed by atoms with Gasteiger partial charge in [-0.05, 0) is 43.4 Å². The lowest BCUT2D eigenvalue weighted by Gasteiger charge is -2.23. The molecule has 0 aliphatic carbocycles. The Morgan fingerprint density at radius 3 is 2.10 bits per heavy atom. The molecule has 118 valence electrons. The summed E-state index contributed by atoms with van der Waals surface area (Å²) in [5.74, 6) is -0.493. The van der Waals surface area contributed by atoms with Crippen LogP contribution in [0.1, 0.15) is 55.5 Å². The molecule has 4 nitrogen and oxygen atoms in total. The molecule has 1 rings (SSSR count). The van der Waals surface area contributed by atoms with Crippen molar-refractivity contribution in [3.8, 4) is 0 Å². The largest absolute Gasteiger partial charge is 0.466 e. The van der Waals surface area contributed by atoms with Crippen molar-refractivity contribution in [2.75, 3.05) is 6.61 Å². The molecule has 0 saturated heterocycles. The van der Waals surface area contributed by atoms with Crippen LogP contribution in [0.25, 0.3) is 0 Å². The maximum Gasteiger partial charge on any atom is 0.308 e. The Bertz CT molecular complexity index is 457. The lowest BCUT2D eigenvalue weighted by Crippen LogP contribution is -2.25. The third-order valence-corrected chi connectivity index (χ3v) is 3.60. The Balaban J connectivity index is 3.05. The molecule has 21 heavy (non-hydrogen) atoms. The van der Waals surface area contributed by atoms with Crippen molar-refractivity contribution in [2.24, 2.45) is 0 Å². The van der Waals surface area contributed by atoms with Crippen molar-refractivity contribution in [1.29, 1.82) is 0 Å². The van der Waals surface area contributed by atoms with E-state index >= 15 is 0 Å². The number of carbonyl (C=O) groups excluding carboxylic acids is 1. The highest BCUT2D eigenvalue weighted by atomic mass is 16.5. The van der Waals surface area contributed by atoms with E-state index in [4.69, 9.17) is 4.74 Å². The summed E-state index contributed by atoms with van der Waals surface area (Å²) in [6, 6.07) is 4.05. The van der Waals surface area contributed by atoms with Crippen molar-refractivity contribution in [3.05, 3.63) is 34.4 Å². The summed E-state index contributed by atoms with van der Waals surface area (Å²) in [6.07, 6.45) is -0.877. The van der Waals surface area contributed by atoms with E-state index in [1.54, 1.807) is 6.92 Å². The van der Waals surface area contributed by atoms with Crippen molar-refractivity contribution < 1.29 is 19.7 Å². The van der Waals surface area contributed by atoms with Crippen LogP contribution in [-0.2, 0) is 22.4 Å². The first-order valence-electron chi connectivity index (χ1n) is 7.58. The highest BCUT2D eigenvalue weighted by Crippen LogP contribution is 2.29. The van der Waals surface area contributed by atoms with E-state index in [9.17, 15) is 15.0 Å². The first-order chi connectivity index (χ1) is 9.94. The number of aliphatic hydroxyl groups is 2. The number of rotatable bonds is 7. The summed E-state index contributed by atoms with van der Waals surface area (Å²) in [5.41, 5.74) is 3.92. The average molecular weight is 294 g/mol. The molecular weight excluding hydrogens is 268 g/mol. The molecule has 2 unspecified atom stereocenters. The molecule has 0 amide bonds. The van der Waals surface area contributed by atoms with Crippen LogP contribution in [0.15, 0.2) is 12.1 Å². The summed E-state index contributed by atoms with van der Waals surface area (Å²) in [5, 5.41) is 20.6. The fourth-order valence-corrected chi connectivity index (χ4v) is 2.61. The van der Waals surface area contributed by atoms with Gasteiger partial charge in [-0.1, -0.05) is 31.5 Å². The first-order valence-corrected chi connectivity index (χ1v) is 7.58. The van der Waals surface area contributed by atoms with E-state index in [1.807, 2.05) is 32.9 Å². The zero-order chi connectivity index (χ0) is 16.0. The van der Waals surface area contributed by atoms with Crippen LogP contribution in [0.3, 0.4) is 0 Å². The Labute approximate surface area is 126 Å². The number of benzene rings is 1. The van der Waals surface area contributed by atoms with Crippen LogP contribution in [-0.4, -0.2) is 28.9 Å². The van der Waals surface area contributed by atoms with Crippen LogP contribution in [0, 0.1) is 6.92 Å². The molecule has 0 spiro atoms. The SMILES string of the molecule is CCOC(=O)CC(O)C(O)c1c(CC)cc(C)cc1CC. The van der Waals surface area contributed by atoms with E-state index in [2.05, 4.69) is 0 Å². The average Bonchev–Trinajstić information content (AvgIpc) is 2.45. The van der Waals surface area contributed by atoms with Crippen LogP contribution in [0.2, 0.25) is 0 Å². The maximum atomic E-state index is 11.5. The van der Waals surface area contributed by atoms with Gasteiger partial charge in [0.15, 0.2) is 0 Å². The third-order valence-electron chi connectivity index (χ3n) is 3.60. The normalized spacial score (nSPS) is 13.8. The Morgan fingerprint density at radius 2 is 1.67 bits per heavy atom. The molecule has 0 bridgehead atoms. The van der Waals surface area contributed by atoms with Gasteiger partial charge in [-0.25, -0.2) is 0 Å². The van der Waals surface area contributed by atoms with Gasteiger partial charge >= 0.3 is 5.97 Å². The number of carbonyl (C=O) groups is 1. The van der Waals surface area contributed by atoms with Gasteiger partial charge in [0.25, 0.3) is 0 Å². The monoisotopic (exact) mass is 294 g/mol. The molecule has 0 saturated carbocycles. The topological polar surface area (TPSA) is 66.8 Å². The van der Waals surface area contributed by atoms with Gasteiger partial charge in [-0.2, -0.15) is 0 Å². The fourth-order valence-electron chi connectivity index (χ4n) is 2.61. The minimum Gasteiger partial charge on any atom is -0.466 e. The Hall–Kier alpha value is -1.39. The van der Waals surface area contributed by atoms with Crippen molar-refractivity contribution in [3.63, 3.8) is 0 Å². The predicted molar refractivity (Wildman–Crippen MR) is 82.2 cm³/mol. The van der Waals surface area contributed by atoms with Gasteiger partial charge in [-0.15, -0.1) is 0 Å². The van der Waals surface area contributed by atoms with Gasteiger partial charge in [0.1, 0.15) is 6.10 Å². The number of aryl methyl sites for hydroxylation is 3. The molecule has 1 aromatic carbocycles. The second-order valence-corrected chi connectivity index (χ2v) is 5.23. The van der Waals surface area contributed by atoms with Crippen LogP contribution in [0.4, 0.5) is 0 Å². The minimum atomic E-state index is -1.15. The Morgan fingerprint density at radius 1 is 1.14 bits per heavy atom. The molecule has 0 aromatic heterocycles. The van der Waals surface area contributed by atoms with Crippen molar-refractivity contribution >= 4 is 5.97 Å². The Kier molecular flexibility index (Phi) is 6.85. The van der Waals surface area contributed by atoms with E-state index in [0.717, 1.165) is 35.1 Å². The lowest BCUT2D eigenvalue weighted by molar-refractivity contribution is -0.147. The van der Waals surface area contributed by atoms with E-state index in [1.165, 1.54) is 0 Å². The molecule has 0 aliphatic heterocycles. The summed E-state index contributed by atoms with van der Waals surface area (Å²) in [7, 11) is 0. The van der Waals surface area contributed by atoms with Crippen LogP contribution in [0.5, 0.6) is 0 Å². The van der Waals surface area contributed by atoms with Crippen molar-refractivity contribution in [2.45, 2.75) is 59.2 Å². The van der Waals surface area contributed by atoms with E-state index < -0.39 is 18.2 Å². The molecule has 2 N–H and O–H groups in total. The number of esters is 1. The van der Waals surface area contributed by atoms with Gasteiger partial charge in [-0.3, -0.25) is 4.79 Å². The summed E-state index contributed by atoms with van der Waals surface area (Å²) < 4.78 is 4.82. The first kappa shape index (κ1) is 17.7. The van der Waals surface area contributed by atoms with Crippen LogP contribution < -0.4 is 0 Å². The number of aliphatic hydroxyl groups excluding tert-OH is 2. The molecular formula is C17H26O4. The van der Waals surface area contributed by atoms with Gasteiger partial charge in [0.05, 0.1) is 19.1 Å². The second kappa shape index (κ2) is 8.15. The maximum absolute atomic E-state index is 11.5. The number of hydrogen-bond donors (Lipinski definition) is 2. The summed E-state index contributed by atoms with van der Waals surface area (Å²) in [4.78, 5) is 11.5. The summed E-state index contributed by atoms with van der Waals surface area (Å²) >= 11 is 0. The standard InChI is InChI=1S/C17H26O4/c1-5-12-8-11(4)9-13(6-2)16(12)17(20)14(18)10-15(19)21-7-3/h8-9,14,17-18,20H,5-7,10H2,1-4H3. The molecule has 1 aromatic rings. The van der Waals surface area contributed by atoms with Gasteiger partial charge in [0, 0.05) is 0 Å². The molecule has 0 aliphatic rings. The van der Waals surface area contributed by atoms with Crippen molar-refractivity contribution in [1.82, 2.24) is 0 Å².